The van der Waals surface area contributed by atoms with Gasteiger partial charge in [0.2, 0.25) is 5.91 Å². The predicted molar refractivity (Wildman–Crippen MR) is 73.6 cm³/mol. The van der Waals surface area contributed by atoms with Gasteiger partial charge in [-0.25, -0.2) is 0 Å². The smallest absolute Gasteiger partial charge is 0.220 e. The van der Waals surface area contributed by atoms with Crippen molar-refractivity contribution in [3.05, 3.63) is 26.6 Å². The zero-order valence-corrected chi connectivity index (χ0v) is 12.3. The number of ketones is 1. The van der Waals surface area contributed by atoms with Gasteiger partial charge in [0, 0.05) is 26.8 Å². The average Bonchev–Trinajstić information content (AvgIpc) is 2.22. The highest BCUT2D eigenvalue weighted by atomic mass is 79.9. The zero-order chi connectivity index (χ0) is 13.2. The van der Waals surface area contributed by atoms with E-state index < -0.39 is 11.8 Å². The Morgan fingerprint density at radius 2 is 1.94 bits per heavy atom. The first-order valence-electron chi connectivity index (χ1n) is 4.90. The fourth-order valence-electron chi connectivity index (χ4n) is 1.30. The van der Waals surface area contributed by atoms with E-state index in [9.17, 15) is 9.59 Å². The molecule has 92 valence electrons. The van der Waals surface area contributed by atoms with Gasteiger partial charge in [-0.2, -0.15) is 0 Å². The normalized spacial score (nSPS) is 12.2. The van der Waals surface area contributed by atoms with E-state index in [1.54, 1.807) is 19.1 Å². The van der Waals surface area contributed by atoms with Crippen LogP contribution in [-0.4, -0.2) is 11.7 Å². The van der Waals surface area contributed by atoms with Crippen molar-refractivity contribution in [2.24, 2.45) is 11.7 Å². The van der Waals surface area contributed by atoms with Gasteiger partial charge in [-0.15, -0.1) is 0 Å². The molecule has 0 aliphatic rings. The molecule has 1 rings (SSSR count). The van der Waals surface area contributed by atoms with E-state index in [1.807, 2.05) is 0 Å². The summed E-state index contributed by atoms with van der Waals surface area (Å²) >= 11 is 6.54. The molecule has 4 N–H and O–H groups in total. The fourth-order valence-corrected chi connectivity index (χ4v) is 2.53. The number of benzene rings is 1. The minimum Gasteiger partial charge on any atom is -0.397 e. The highest BCUT2D eigenvalue weighted by molar-refractivity contribution is 9.11. The Morgan fingerprint density at radius 1 is 1.35 bits per heavy atom. The maximum Gasteiger partial charge on any atom is 0.220 e. The SMILES string of the molecule is CC(CC(=O)c1cc(Br)cc(Br)c1N)C(N)=O. The van der Waals surface area contributed by atoms with E-state index in [1.165, 1.54) is 0 Å². The lowest BCUT2D eigenvalue weighted by molar-refractivity contribution is -0.121. The molecule has 0 fully saturated rings. The maximum atomic E-state index is 12.0. The van der Waals surface area contributed by atoms with Gasteiger partial charge in [0.15, 0.2) is 5.78 Å². The minimum atomic E-state index is -0.500. The summed E-state index contributed by atoms with van der Waals surface area (Å²) in [6.45, 7) is 1.61. The third-order valence-electron chi connectivity index (χ3n) is 2.37. The molecule has 0 spiro atoms. The second kappa shape index (κ2) is 5.64. The van der Waals surface area contributed by atoms with E-state index in [2.05, 4.69) is 31.9 Å². The molecule has 0 heterocycles. The maximum absolute atomic E-state index is 12.0. The number of carbonyl (C=O) groups excluding carboxylic acids is 2. The Hall–Kier alpha value is -0.880. The number of rotatable bonds is 4. The third-order valence-corrected chi connectivity index (χ3v) is 3.49. The molecule has 0 aromatic heterocycles. The Kier molecular flexibility index (Phi) is 4.70. The highest BCUT2D eigenvalue weighted by Gasteiger charge is 2.18. The van der Waals surface area contributed by atoms with Crippen LogP contribution < -0.4 is 11.5 Å². The molecular formula is C11H12Br2N2O2. The monoisotopic (exact) mass is 362 g/mol. The molecule has 0 saturated heterocycles. The molecule has 6 heteroatoms. The Balaban J connectivity index is 3.01. The van der Waals surface area contributed by atoms with Crippen LogP contribution in [-0.2, 0) is 4.79 Å². The summed E-state index contributed by atoms with van der Waals surface area (Å²) in [6.07, 6.45) is 0.0580. The Labute approximate surface area is 116 Å². The summed E-state index contributed by atoms with van der Waals surface area (Å²) in [5, 5.41) is 0. The molecule has 1 atom stereocenters. The van der Waals surface area contributed by atoms with Gasteiger partial charge in [-0.05, 0) is 28.1 Å². The molecule has 0 bridgehead atoms. The summed E-state index contributed by atoms with van der Waals surface area (Å²) in [5.74, 6) is -1.19. The molecule has 0 radical (unpaired) electrons. The van der Waals surface area contributed by atoms with Crippen molar-refractivity contribution < 1.29 is 9.59 Å². The van der Waals surface area contributed by atoms with Crippen LogP contribution in [0.15, 0.2) is 21.1 Å². The average molecular weight is 364 g/mol. The number of Topliss-reactive ketones (excluding diaryl/α,β-unsaturated/α-hetero) is 1. The van der Waals surface area contributed by atoms with Crippen LogP contribution in [0.3, 0.4) is 0 Å². The first-order valence-corrected chi connectivity index (χ1v) is 6.48. The van der Waals surface area contributed by atoms with E-state index in [0.29, 0.717) is 15.7 Å². The molecule has 4 nitrogen and oxygen atoms in total. The van der Waals surface area contributed by atoms with E-state index in [4.69, 9.17) is 11.5 Å². The van der Waals surface area contributed by atoms with E-state index >= 15 is 0 Å². The van der Waals surface area contributed by atoms with Crippen molar-refractivity contribution in [1.82, 2.24) is 0 Å². The molecule has 0 saturated carbocycles. The third kappa shape index (κ3) is 3.54. The Bertz CT molecular complexity index is 475. The summed E-state index contributed by atoms with van der Waals surface area (Å²) in [7, 11) is 0. The van der Waals surface area contributed by atoms with Crippen LogP contribution in [0, 0.1) is 5.92 Å². The van der Waals surface area contributed by atoms with Crippen molar-refractivity contribution in [2.45, 2.75) is 13.3 Å². The quantitative estimate of drug-likeness (QED) is 0.636. The summed E-state index contributed by atoms with van der Waals surface area (Å²) in [4.78, 5) is 22.9. The van der Waals surface area contributed by atoms with Crippen LogP contribution in [0.2, 0.25) is 0 Å². The van der Waals surface area contributed by atoms with E-state index in [0.717, 1.165) is 4.47 Å². The standard InChI is InChI=1S/C11H12Br2N2O2/c1-5(11(15)17)2-9(16)7-3-6(12)4-8(13)10(7)14/h3-5H,2,14H2,1H3,(H2,15,17). The first-order chi connectivity index (χ1) is 7.82. The molecular weight excluding hydrogens is 352 g/mol. The number of nitrogen functional groups attached to an aromatic ring is 1. The molecule has 1 amide bonds. The summed E-state index contributed by atoms with van der Waals surface area (Å²) in [5.41, 5.74) is 11.7. The van der Waals surface area contributed by atoms with Gasteiger partial charge in [0.1, 0.15) is 0 Å². The topological polar surface area (TPSA) is 86.2 Å². The largest absolute Gasteiger partial charge is 0.397 e. The molecule has 17 heavy (non-hydrogen) atoms. The molecule has 0 aliphatic heterocycles. The molecule has 1 aromatic carbocycles. The number of hydrogen-bond acceptors (Lipinski definition) is 3. The second-order valence-electron chi connectivity index (χ2n) is 3.78. The Morgan fingerprint density at radius 3 is 2.47 bits per heavy atom. The summed E-state index contributed by atoms with van der Waals surface area (Å²) < 4.78 is 1.38. The summed E-state index contributed by atoms with van der Waals surface area (Å²) in [6, 6.07) is 3.39. The number of hydrogen-bond donors (Lipinski definition) is 2. The van der Waals surface area contributed by atoms with Crippen molar-refractivity contribution in [2.75, 3.05) is 5.73 Å². The lowest BCUT2D eigenvalue weighted by Crippen LogP contribution is -2.23. The lowest BCUT2D eigenvalue weighted by atomic mass is 9.98. The van der Waals surface area contributed by atoms with Crippen molar-refractivity contribution in [3.63, 3.8) is 0 Å². The van der Waals surface area contributed by atoms with Crippen molar-refractivity contribution >= 4 is 49.2 Å². The number of anilines is 1. The molecule has 1 aromatic rings. The van der Waals surface area contributed by atoms with Gasteiger partial charge in [-0.1, -0.05) is 22.9 Å². The van der Waals surface area contributed by atoms with Crippen LogP contribution in [0.25, 0.3) is 0 Å². The van der Waals surface area contributed by atoms with Gasteiger partial charge in [0.05, 0.1) is 5.69 Å². The van der Waals surface area contributed by atoms with Gasteiger partial charge in [-0.3, -0.25) is 9.59 Å². The van der Waals surface area contributed by atoms with Crippen LogP contribution in [0.4, 0.5) is 5.69 Å². The number of amides is 1. The van der Waals surface area contributed by atoms with E-state index in [-0.39, 0.29) is 12.2 Å². The predicted octanol–water partition coefficient (Wildman–Crippen LogP) is 2.49. The number of carbonyl (C=O) groups is 2. The lowest BCUT2D eigenvalue weighted by Gasteiger charge is -2.10. The van der Waals surface area contributed by atoms with Crippen molar-refractivity contribution in [1.29, 1.82) is 0 Å². The molecule has 0 aliphatic carbocycles. The zero-order valence-electron chi connectivity index (χ0n) is 9.17. The second-order valence-corrected chi connectivity index (χ2v) is 5.55. The number of halogens is 2. The minimum absolute atomic E-state index is 0.0580. The number of primary amides is 1. The highest BCUT2D eigenvalue weighted by Crippen LogP contribution is 2.29. The van der Waals surface area contributed by atoms with Crippen LogP contribution >= 0.6 is 31.9 Å². The molecule has 1 unspecified atom stereocenters. The van der Waals surface area contributed by atoms with Gasteiger partial charge >= 0.3 is 0 Å². The fraction of sp³-hybridized carbons (Fsp3) is 0.273. The van der Waals surface area contributed by atoms with Crippen LogP contribution in [0.1, 0.15) is 23.7 Å². The first kappa shape index (κ1) is 14.2. The van der Waals surface area contributed by atoms with Crippen molar-refractivity contribution in [3.8, 4) is 0 Å². The number of nitrogens with two attached hydrogens (primary N) is 2. The van der Waals surface area contributed by atoms with Crippen LogP contribution in [0.5, 0.6) is 0 Å². The van der Waals surface area contributed by atoms with Gasteiger partial charge in [0.25, 0.3) is 0 Å². The van der Waals surface area contributed by atoms with Gasteiger partial charge < -0.3 is 11.5 Å².